The quantitative estimate of drug-likeness (QED) is 0.236. The van der Waals surface area contributed by atoms with E-state index < -0.39 is 22.4 Å². The summed E-state index contributed by atoms with van der Waals surface area (Å²) in [6.07, 6.45) is 0.846. The molecular weight excluding hydrogens is 550 g/mol. The van der Waals surface area contributed by atoms with E-state index in [0.717, 1.165) is 28.0 Å². The van der Waals surface area contributed by atoms with Crippen molar-refractivity contribution in [1.29, 1.82) is 0 Å². The van der Waals surface area contributed by atoms with Gasteiger partial charge in [0, 0.05) is 35.5 Å². The number of halogens is 1. The molecule has 1 aliphatic heterocycles. The number of carbonyl (C=O) groups is 1. The first kappa shape index (κ1) is 27.2. The molecule has 0 unspecified atom stereocenters. The predicted molar refractivity (Wildman–Crippen MR) is 153 cm³/mol. The molecule has 0 saturated carbocycles. The Balaban J connectivity index is 0.000000173. The Morgan fingerprint density at radius 3 is 2.58 bits per heavy atom. The summed E-state index contributed by atoms with van der Waals surface area (Å²) in [7, 11) is 0. The predicted octanol–water partition coefficient (Wildman–Crippen LogP) is 2.72. The van der Waals surface area contributed by atoms with Crippen LogP contribution >= 0.6 is 35.1 Å². The van der Waals surface area contributed by atoms with Gasteiger partial charge in [0.1, 0.15) is 16.2 Å². The average molecular weight is 572 g/mol. The van der Waals surface area contributed by atoms with E-state index in [4.69, 9.17) is 16.6 Å². The highest BCUT2D eigenvalue weighted by atomic mass is 35.5. The molecule has 5 aromatic rings. The van der Waals surface area contributed by atoms with E-state index in [2.05, 4.69) is 22.1 Å². The summed E-state index contributed by atoms with van der Waals surface area (Å²) in [6.45, 7) is 1.82. The summed E-state index contributed by atoms with van der Waals surface area (Å²) in [6, 6.07) is 9.98. The largest absolute Gasteiger partial charge is 0.475 e. The van der Waals surface area contributed by atoms with Gasteiger partial charge in [-0.25, -0.2) is 9.78 Å². The van der Waals surface area contributed by atoms with E-state index in [1.54, 1.807) is 0 Å². The minimum Gasteiger partial charge on any atom is -0.475 e. The lowest BCUT2D eigenvalue weighted by atomic mass is 9.96. The molecule has 10 nitrogen and oxygen atoms in total. The fourth-order valence-electron chi connectivity index (χ4n) is 4.30. The molecule has 4 heterocycles. The third-order valence-electron chi connectivity index (χ3n) is 6.19. The van der Waals surface area contributed by atoms with Crippen molar-refractivity contribution in [2.75, 3.05) is 17.2 Å². The summed E-state index contributed by atoms with van der Waals surface area (Å²) < 4.78 is 0. The lowest BCUT2D eigenvalue weighted by molar-refractivity contribution is 0.0683. The second-order valence-corrected chi connectivity index (χ2v) is 10.2. The fraction of sp³-hybridized carbons (Fsp3) is 0.160. The van der Waals surface area contributed by atoms with Crippen LogP contribution in [0.2, 0.25) is 0 Å². The van der Waals surface area contributed by atoms with E-state index in [-0.39, 0.29) is 23.9 Å². The van der Waals surface area contributed by atoms with Crippen LogP contribution in [0.3, 0.4) is 0 Å². The van der Waals surface area contributed by atoms with Gasteiger partial charge in [-0.2, -0.15) is 0 Å². The van der Waals surface area contributed by atoms with Crippen LogP contribution in [0.5, 0.6) is 0 Å². The van der Waals surface area contributed by atoms with Crippen molar-refractivity contribution in [3.63, 3.8) is 0 Å². The average Bonchev–Trinajstić information content (AvgIpc) is 3.59. The molecule has 0 bridgehead atoms. The smallest absolute Gasteiger partial charge is 0.372 e. The van der Waals surface area contributed by atoms with Gasteiger partial charge in [-0.1, -0.05) is 24.3 Å². The van der Waals surface area contributed by atoms with Gasteiger partial charge < -0.3 is 26.5 Å². The maximum Gasteiger partial charge on any atom is 0.372 e. The molecule has 0 aliphatic carbocycles. The van der Waals surface area contributed by atoms with Crippen molar-refractivity contribution in [3.8, 4) is 10.4 Å². The van der Waals surface area contributed by atoms with Crippen molar-refractivity contribution >= 4 is 62.6 Å². The number of H-pyrrole nitrogens is 1. The summed E-state index contributed by atoms with van der Waals surface area (Å²) in [5.74, 6) is -1.56. The van der Waals surface area contributed by atoms with Gasteiger partial charge in [-0.15, -0.1) is 35.1 Å². The number of anilines is 2. The third kappa shape index (κ3) is 4.86. The molecule has 0 saturated heterocycles. The molecule has 0 fully saturated rings. The van der Waals surface area contributed by atoms with Gasteiger partial charge in [0.2, 0.25) is 5.82 Å². The van der Waals surface area contributed by atoms with Crippen molar-refractivity contribution in [2.24, 2.45) is 5.73 Å². The zero-order valence-corrected chi connectivity index (χ0v) is 22.2. The van der Waals surface area contributed by atoms with Gasteiger partial charge in [0.25, 0.3) is 16.4 Å². The van der Waals surface area contributed by atoms with Crippen LogP contribution in [0.4, 0.5) is 11.4 Å². The molecule has 0 spiro atoms. The monoisotopic (exact) mass is 571 g/mol. The number of hydrogen-bond acceptors (Lipinski definition) is 10. The van der Waals surface area contributed by atoms with Crippen molar-refractivity contribution in [1.82, 2.24) is 9.97 Å². The summed E-state index contributed by atoms with van der Waals surface area (Å²) in [5.41, 5.74) is 14.6. The van der Waals surface area contributed by atoms with Crippen LogP contribution < -0.4 is 32.8 Å². The van der Waals surface area contributed by atoms with E-state index in [0.29, 0.717) is 35.5 Å². The number of nitrogens with zero attached hydrogens (tertiary/aromatic N) is 2. The van der Waals surface area contributed by atoms with Gasteiger partial charge in [-0.05, 0) is 34.6 Å². The number of nitrogen functional groups attached to an aromatic ring is 1. The number of nitrogens with one attached hydrogen (secondary N) is 1. The number of thiophene rings is 2. The first-order valence-electron chi connectivity index (χ1n) is 11.2. The van der Waals surface area contributed by atoms with Crippen molar-refractivity contribution in [3.05, 3.63) is 94.4 Å². The summed E-state index contributed by atoms with van der Waals surface area (Å²) in [5, 5.41) is 13.0. The molecule has 0 radical (unpaired) electrons. The molecule has 13 heteroatoms. The summed E-state index contributed by atoms with van der Waals surface area (Å²) >= 11 is 2.79. The number of fused-ring (bicyclic) bond motifs is 2. The standard InChI is InChI=1S/C14H15N3O2.C11H6N2O3S2.ClH/c15-6-8-1-2-9-3-4-17(7-10(9)5-8)12-11(16)13(18)14(12)19;14-9-7-5(6-2-1-3-17-6)4-18-10(7)13-8(12-9)11(15)16;/h1-2,5H,3-4,6-7,15-16H2;1-4H,(H,15,16)(H,12,13,14);1H. The summed E-state index contributed by atoms with van der Waals surface area (Å²) in [4.78, 5) is 55.0. The lowest BCUT2D eigenvalue weighted by Crippen LogP contribution is -2.44. The lowest BCUT2D eigenvalue weighted by Gasteiger charge is -2.31. The number of hydrogen-bond donors (Lipinski definition) is 4. The molecule has 0 amide bonds. The van der Waals surface area contributed by atoms with Crippen LogP contribution in [0.25, 0.3) is 20.7 Å². The van der Waals surface area contributed by atoms with Crippen LogP contribution in [0, 0.1) is 0 Å². The topological polar surface area (TPSA) is 172 Å². The first-order chi connectivity index (χ1) is 17.8. The van der Waals surface area contributed by atoms with Crippen LogP contribution in [0.1, 0.15) is 27.3 Å². The Morgan fingerprint density at radius 2 is 1.92 bits per heavy atom. The highest BCUT2D eigenvalue weighted by Crippen LogP contribution is 2.33. The maximum absolute atomic E-state index is 11.9. The zero-order chi connectivity index (χ0) is 26.3. The molecule has 0 atom stereocenters. The molecule has 6 rings (SSSR count). The minimum absolute atomic E-state index is 0. The number of aromatic nitrogens is 2. The number of nitrogens with two attached hydrogens (primary N) is 2. The van der Waals surface area contributed by atoms with E-state index >= 15 is 0 Å². The molecule has 3 aromatic heterocycles. The normalized spacial score (nSPS) is 12.5. The third-order valence-corrected chi connectivity index (χ3v) is 7.96. The number of carboxylic acid groups (broad SMARTS) is 1. The minimum atomic E-state index is -1.24. The highest BCUT2D eigenvalue weighted by Gasteiger charge is 2.26. The number of carboxylic acids is 1. The zero-order valence-electron chi connectivity index (χ0n) is 19.7. The van der Waals surface area contributed by atoms with Gasteiger partial charge in [0.15, 0.2) is 0 Å². The van der Waals surface area contributed by atoms with E-state index in [1.807, 2.05) is 33.9 Å². The Morgan fingerprint density at radius 1 is 1.13 bits per heavy atom. The number of aromatic amines is 1. The van der Waals surface area contributed by atoms with Crippen LogP contribution in [-0.4, -0.2) is 27.6 Å². The first-order valence-corrected chi connectivity index (χ1v) is 13.0. The van der Waals surface area contributed by atoms with Crippen molar-refractivity contribution < 1.29 is 9.90 Å². The van der Waals surface area contributed by atoms with Gasteiger partial charge in [0.05, 0.1) is 5.39 Å². The molecule has 196 valence electrons. The SMILES string of the molecule is Cl.NCc1ccc2c(c1)CN(c1c(N)c(=O)c1=O)CC2.O=C(O)c1nc2scc(-c3cccs3)c2c(=O)[nH]1. The molecular formula is C25H22ClN5O5S2. The Hall–Kier alpha value is -3.84. The van der Waals surface area contributed by atoms with Crippen LogP contribution in [0.15, 0.2) is 55.5 Å². The van der Waals surface area contributed by atoms with Crippen LogP contribution in [-0.2, 0) is 19.5 Å². The second-order valence-electron chi connectivity index (χ2n) is 8.43. The second kappa shape index (κ2) is 10.9. The molecule has 38 heavy (non-hydrogen) atoms. The number of rotatable bonds is 4. The Bertz CT molecular complexity index is 1770. The molecule has 1 aliphatic rings. The maximum atomic E-state index is 11.9. The Labute approximate surface area is 229 Å². The highest BCUT2D eigenvalue weighted by molar-refractivity contribution is 7.18. The Kier molecular flexibility index (Phi) is 7.78. The van der Waals surface area contributed by atoms with E-state index in [9.17, 15) is 19.2 Å². The van der Waals surface area contributed by atoms with Crippen molar-refractivity contribution in [2.45, 2.75) is 19.5 Å². The fourth-order valence-corrected chi connectivity index (χ4v) is 6.07. The van der Waals surface area contributed by atoms with Gasteiger partial charge in [-0.3, -0.25) is 14.4 Å². The molecule has 6 N–H and O–H groups in total. The molecule has 2 aromatic carbocycles. The number of benzene rings is 1. The van der Waals surface area contributed by atoms with Gasteiger partial charge >= 0.3 is 5.97 Å². The number of aromatic carboxylic acids is 1. The van der Waals surface area contributed by atoms with E-state index in [1.165, 1.54) is 28.2 Å².